The molecule has 5 heteroatoms. The van der Waals surface area contributed by atoms with Crippen LogP contribution in [0.5, 0.6) is 0 Å². The Labute approximate surface area is 111 Å². The van der Waals surface area contributed by atoms with Gasteiger partial charge in [-0.15, -0.1) is 0 Å². The van der Waals surface area contributed by atoms with E-state index < -0.39 is 5.97 Å². The van der Waals surface area contributed by atoms with Gasteiger partial charge in [-0.05, 0) is 24.6 Å². The summed E-state index contributed by atoms with van der Waals surface area (Å²) < 4.78 is 1.84. The molecule has 0 aliphatic carbocycles. The fourth-order valence-corrected chi connectivity index (χ4v) is 1.87. The normalized spacial score (nSPS) is 10.6. The van der Waals surface area contributed by atoms with Crippen LogP contribution >= 0.6 is 0 Å². The van der Waals surface area contributed by atoms with Crippen molar-refractivity contribution < 1.29 is 9.90 Å². The lowest BCUT2D eigenvalue weighted by molar-refractivity contribution is 0.0696. The summed E-state index contributed by atoms with van der Waals surface area (Å²) in [7, 11) is 1.91. The number of carbonyl (C=O) groups is 1. The number of aryl methyl sites for hydroxylation is 1. The van der Waals surface area contributed by atoms with Crippen molar-refractivity contribution in [3.63, 3.8) is 0 Å². The van der Waals surface area contributed by atoms with Gasteiger partial charge in [0.1, 0.15) is 0 Å². The molecule has 0 radical (unpaired) electrons. The highest BCUT2D eigenvalue weighted by Crippen LogP contribution is 2.07. The second-order valence-corrected chi connectivity index (χ2v) is 4.49. The Morgan fingerprint density at radius 2 is 2.21 bits per heavy atom. The number of aromatic carboxylic acids is 1. The van der Waals surface area contributed by atoms with Crippen LogP contribution in [0.3, 0.4) is 0 Å². The van der Waals surface area contributed by atoms with E-state index in [0.717, 1.165) is 23.4 Å². The Balaban J connectivity index is 1.94. The Morgan fingerprint density at radius 3 is 2.84 bits per heavy atom. The molecule has 2 rings (SSSR count). The Morgan fingerprint density at radius 1 is 1.42 bits per heavy atom. The molecule has 0 bridgehead atoms. The average Bonchev–Trinajstić information content (AvgIpc) is 2.71. The Kier molecular flexibility index (Phi) is 3.97. The van der Waals surface area contributed by atoms with Gasteiger partial charge in [-0.2, -0.15) is 5.10 Å². The molecule has 0 amide bonds. The van der Waals surface area contributed by atoms with Gasteiger partial charge in [0.25, 0.3) is 0 Å². The van der Waals surface area contributed by atoms with Crippen LogP contribution in [-0.2, 0) is 20.1 Å². The molecule has 0 aliphatic heterocycles. The van der Waals surface area contributed by atoms with Crippen LogP contribution in [0.4, 0.5) is 0 Å². The number of benzene rings is 1. The Hall–Kier alpha value is -2.14. The van der Waals surface area contributed by atoms with Crippen LogP contribution in [-0.4, -0.2) is 20.9 Å². The molecule has 0 spiro atoms. The zero-order valence-electron chi connectivity index (χ0n) is 11.1. The molecular weight excluding hydrogens is 242 g/mol. The third-order valence-electron chi connectivity index (χ3n) is 3.16. The molecule has 0 atom stereocenters. The number of carboxylic acids is 1. The fourth-order valence-electron chi connectivity index (χ4n) is 1.87. The lowest BCUT2D eigenvalue weighted by atomic mass is 10.1. The van der Waals surface area contributed by atoms with Gasteiger partial charge >= 0.3 is 5.97 Å². The maximum absolute atomic E-state index is 10.9. The number of aromatic nitrogens is 2. The number of nitrogens with zero attached hydrogens (tertiary/aromatic N) is 2. The maximum Gasteiger partial charge on any atom is 0.335 e. The van der Waals surface area contributed by atoms with Crippen molar-refractivity contribution >= 4 is 5.97 Å². The zero-order chi connectivity index (χ0) is 13.8. The second kappa shape index (κ2) is 5.67. The van der Waals surface area contributed by atoms with E-state index in [1.165, 1.54) is 0 Å². The molecule has 19 heavy (non-hydrogen) atoms. The lowest BCUT2D eigenvalue weighted by Gasteiger charge is -2.05. The van der Waals surface area contributed by atoms with Crippen LogP contribution in [0.15, 0.2) is 30.5 Å². The van der Waals surface area contributed by atoms with Crippen molar-refractivity contribution in [1.29, 1.82) is 0 Å². The third-order valence-corrected chi connectivity index (χ3v) is 3.16. The van der Waals surface area contributed by atoms with Gasteiger partial charge in [0.15, 0.2) is 0 Å². The zero-order valence-corrected chi connectivity index (χ0v) is 11.1. The standard InChI is InChI=1S/C14H17N3O2/c1-10-13(9-16-17(10)2)8-15-7-11-4-3-5-12(6-11)14(18)19/h3-6,9,15H,7-8H2,1-2H3,(H,18,19). The van der Waals surface area contributed by atoms with Crippen LogP contribution in [0.2, 0.25) is 0 Å². The van der Waals surface area contributed by atoms with Crippen molar-refractivity contribution in [3.8, 4) is 0 Å². The number of rotatable bonds is 5. The van der Waals surface area contributed by atoms with E-state index in [2.05, 4.69) is 10.4 Å². The van der Waals surface area contributed by atoms with E-state index in [0.29, 0.717) is 12.1 Å². The molecule has 0 saturated heterocycles. The number of hydrogen-bond acceptors (Lipinski definition) is 3. The minimum Gasteiger partial charge on any atom is -0.478 e. The van der Waals surface area contributed by atoms with Gasteiger partial charge in [0.2, 0.25) is 0 Å². The van der Waals surface area contributed by atoms with Gasteiger partial charge in [-0.1, -0.05) is 12.1 Å². The first kappa shape index (κ1) is 13.3. The first-order valence-corrected chi connectivity index (χ1v) is 6.08. The molecular formula is C14H17N3O2. The molecule has 0 aliphatic rings. The topological polar surface area (TPSA) is 67.2 Å². The summed E-state index contributed by atoms with van der Waals surface area (Å²) >= 11 is 0. The SMILES string of the molecule is Cc1c(CNCc2cccc(C(=O)O)c2)cnn1C. The van der Waals surface area contributed by atoms with Crippen molar-refractivity contribution in [3.05, 3.63) is 52.8 Å². The largest absolute Gasteiger partial charge is 0.478 e. The molecule has 5 nitrogen and oxygen atoms in total. The summed E-state index contributed by atoms with van der Waals surface area (Å²) in [5, 5.41) is 16.4. The second-order valence-electron chi connectivity index (χ2n) is 4.49. The molecule has 2 N–H and O–H groups in total. The van der Waals surface area contributed by atoms with E-state index in [4.69, 9.17) is 5.11 Å². The van der Waals surface area contributed by atoms with E-state index in [9.17, 15) is 4.79 Å². The monoisotopic (exact) mass is 259 g/mol. The molecule has 1 aromatic heterocycles. The maximum atomic E-state index is 10.9. The summed E-state index contributed by atoms with van der Waals surface area (Å²) in [5.41, 5.74) is 3.56. The van der Waals surface area contributed by atoms with Crippen molar-refractivity contribution in [2.75, 3.05) is 0 Å². The van der Waals surface area contributed by atoms with E-state index in [1.807, 2.05) is 30.9 Å². The summed E-state index contributed by atoms with van der Waals surface area (Å²) in [4.78, 5) is 10.9. The first-order chi connectivity index (χ1) is 9.08. The van der Waals surface area contributed by atoms with E-state index >= 15 is 0 Å². The van der Waals surface area contributed by atoms with Crippen LogP contribution in [0.1, 0.15) is 27.2 Å². The molecule has 100 valence electrons. The highest BCUT2D eigenvalue weighted by Gasteiger charge is 2.05. The first-order valence-electron chi connectivity index (χ1n) is 6.08. The number of carboxylic acid groups (broad SMARTS) is 1. The highest BCUT2D eigenvalue weighted by atomic mass is 16.4. The highest BCUT2D eigenvalue weighted by molar-refractivity contribution is 5.87. The quantitative estimate of drug-likeness (QED) is 0.858. The molecule has 0 fully saturated rings. The van der Waals surface area contributed by atoms with Gasteiger partial charge in [-0.3, -0.25) is 4.68 Å². The third kappa shape index (κ3) is 3.20. The van der Waals surface area contributed by atoms with Gasteiger partial charge < -0.3 is 10.4 Å². The van der Waals surface area contributed by atoms with E-state index in [-0.39, 0.29) is 0 Å². The molecule has 0 saturated carbocycles. The molecule has 1 heterocycles. The van der Waals surface area contributed by atoms with Gasteiger partial charge in [0, 0.05) is 31.4 Å². The lowest BCUT2D eigenvalue weighted by Crippen LogP contribution is -2.13. The van der Waals surface area contributed by atoms with Gasteiger partial charge in [0.05, 0.1) is 11.8 Å². The summed E-state index contributed by atoms with van der Waals surface area (Å²) in [6.07, 6.45) is 1.84. The minimum absolute atomic E-state index is 0.317. The molecule has 0 unspecified atom stereocenters. The summed E-state index contributed by atoms with van der Waals surface area (Å²) in [6.45, 7) is 3.38. The fraction of sp³-hybridized carbons (Fsp3) is 0.286. The number of nitrogens with one attached hydrogen (secondary N) is 1. The predicted octanol–water partition coefficient (Wildman–Crippen LogP) is 1.72. The van der Waals surface area contributed by atoms with Crippen molar-refractivity contribution in [2.24, 2.45) is 7.05 Å². The Bertz CT molecular complexity index is 590. The van der Waals surface area contributed by atoms with Crippen LogP contribution in [0.25, 0.3) is 0 Å². The predicted molar refractivity (Wildman–Crippen MR) is 71.9 cm³/mol. The average molecular weight is 259 g/mol. The molecule has 1 aromatic carbocycles. The van der Waals surface area contributed by atoms with Crippen molar-refractivity contribution in [1.82, 2.24) is 15.1 Å². The van der Waals surface area contributed by atoms with Crippen molar-refractivity contribution in [2.45, 2.75) is 20.0 Å². The minimum atomic E-state index is -0.898. The molecule has 2 aromatic rings. The summed E-state index contributed by atoms with van der Waals surface area (Å²) in [6, 6.07) is 6.95. The van der Waals surface area contributed by atoms with Gasteiger partial charge in [-0.25, -0.2) is 4.79 Å². The van der Waals surface area contributed by atoms with E-state index in [1.54, 1.807) is 18.2 Å². The van der Waals surface area contributed by atoms with Crippen LogP contribution in [0, 0.1) is 6.92 Å². The summed E-state index contributed by atoms with van der Waals surface area (Å²) in [5.74, 6) is -0.898. The van der Waals surface area contributed by atoms with Crippen LogP contribution < -0.4 is 5.32 Å². The smallest absolute Gasteiger partial charge is 0.335 e. The number of hydrogen-bond donors (Lipinski definition) is 2.